The number of rotatable bonds is 5. The van der Waals surface area contributed by atoms with Crippen LogP contribution >= 0.6 is 0 Å². The number of hydrogen-bond acceptors (Lipinski definition) is 5. The van der Waals surface area contributed by atoms with Gasteiger partial charge in [0.15, 0.2) is 23.1 Å². The first kappa shape index (κ1) is 26.2. The van der Waals surface area contributed by atoms with E-state index < -0.39 is 5.92 Å². The third-order valence-corrected chi connectivity index (χ3v) is 8.01. The predicted octanol–water partition coefficient (Wildman–Crippen LogP) is 6.73. The molecule has 0 fully saturated rings. The molecule has 1 aliphatic heterocycles. The number of halogens is 1. The Hall–Kier alpha value is -3.41. The Morgan fingerprint density at radius 1 is 0.842 bits per heavy atom. The van der Waals surface area contributed by atoms with Gasteiger partial charge in [-0.05, 0) is 59.1 Å². The molecule has 0 aromatic heterocycles. The van der Waals surface area contributed by atoms with Gasteiger partial charge in [-0.1, -0.05) is 45.9 Å². The average Bonchev–Trinajstić information content (AvgIpc) is 2.84. The average molecular weight is 518 g/mol. The van der Waals surface area contributed by atoms with Crippen LogP contribution < -0.4 is 9.47 Å². The van der Waals surface area contributed by atoms with Gasteiger partial charge in [-0.25, -0.2) is 4.39 Å². The summed E-state index contributed by atoms with van der Waals surface area (Å²) in [5.74, 6) is 0.561. The first-order valence-corrected chi connectivity index (χ1v) is 13.2. The SMILES string of the molecule is COc1cc(C2C3=C(CC(C)(C)CC3=O)N(C)C3=C2C(=O)CC(C)(C)C3)ccc1OCc1ccc(F)cc1. The summed E-state index contributed by atoms with van der Waals surface area (Å²) in [4.78, 5) is 29.5. The van der Waals surface area contributed by atoms with Gasteiger partial charge in [0, 0.05) is 48.3 Å². The Labute approximate surface area is 224 Å². The molecule has 0 bridgehead atoms. The number of carbonyl (C=O) groups is 2. The first-order valence-electron chi connectivity index (χ1n) is 13.2. The van der Waals surface area contributed by atoms with Crippen molar-refractivity contribution >= 4 is 11.6 Å². The van der Waals surface area contributed by atoms with Crippen LogP contribution in [0.5, 0.6) is 11.5 Å². The summed E-state index contributed by atoms with van der Waals surface area (Å²) in [6, 6.07) is 11.8. The van der Waals surface area contributed by atoms with Crippen LogP contribution in [0.25, 0.3) is 0 Å². The van der Waals surface area contributed by atoms with Gasteiger partial charge in [0.25, 0.3) is 0 Å². The minimum absolute atomic E-state index is 0.105. The molecule has 200 valence electrons. The quantitative estimate of drug-likeness (QED) is 0.440. The molecule has 2 aromatic carbocycles. The lowest BCUT2D eigenvalue weighted by molar-refractivity contribution is -0.119. The first-order chi connectivity index (χ1) is 17.9. The summed E-state index contributed by atoms with van der Waals surface area (Å²) >= 11 is 0. The van der Waals surface area contributed by atoms with Gasteiger partial charge in [-0.15, -0.1) is 0 Å². The Balaban J connectivity index is 1.58. The highest BCUT2D eigenvalue weighted by molar-refractivity contribution is 6.06. The van der Waals surface area contributed by atoms with Crippen LogP contribution in [-0.4, -0.2) is 30.6 Å². The van der Waals surface area contributed by atoms with Gasteiger partial charge in [-0.3, -0.25) is 9.59 Å². The normalized spacial score (nSPS) is 20.9. The molecular weight excluding hydrogens is 481 g/mol. The fourth-order valence-corrected chi connectivity index (χ4v) is 6.22. The van der Waals surface area contributed by atoms with Crippen molar-refractivity contribution in [3.05, 3.63) is 81.9 Å². The summed E-state index contributed by atoms with van der Waals surface area (Å²) in [6.45, 7) is 8.79. The van der Waals surface area contributed by atoms with E-state index in [1.807, 2.05) is 25.2 Å². The second-order valence-electron chi connectivity index (χ2n) is 12.4. The van der Waals surface area contributed by atoms with Gasteiger partial charge < -0.3 is 14.4 Å². The highest BCUT2D eigenvalue weighted by atomic mass is 19.1. The lowest BCUT2D eigenvalue weighted by Crippen LogP contribution is -2.43. The lowest BCUT2D eigenvalue weighted by Gasteiger charge is -2.47. The summed E-state index contributed by atoms with van der Waals surface area (Å²) in [5.41, 5.74) is 4.93. The van der Waals surface area contributed by atoms with Crippen LogP contribution in [0.3, 0.4) is 0 Å². The summed E-state index contributed by atoms with van der Waals surface area (Å²) in [6.07, 6.45) is 2.47. The van der Waals surface area contributed by atoms with E-state index in [0.717, 1.165) is 46.5 Å². The van der Waals surface area contributed by atoms with Gasteiger partial charge in [-0.2, -0.15) is 0 Å². The van der Waals surface area contributed by atoms with Crippen molar-refractivity contribution < 1.29 is 23.5 Å². The second-order valence-corrected chi connectivity index (χ2v) is 12.4. The molecule has 3 aliphatic rings. The van der Waals surface area contributed by atoms with Crippen molar-refractivity contribution in [2.24, 2.45) is 10.8 Å². The number of hydrogen-bond donors (Lipinski definition) is 0. The van der Waals surface area contributed by atoms with Crippen molar-refractivity contribution in [3.8, 4) is 11.5 Å². The lowest BCUT2D eigenvalue weighted by atomic mass is 9.64. The van der Waals surface area contributed by atoms with Crippen LogP contribution in [0.2, 0.25) is 0 Å². The molecule has 0 radical (unpaired) electrons. The number of benzene rings is 2. The molecule has 0 saturated carbocycles. The second kappa shape index (κ2) is 9.40. The van der Waals surface area contributed by atoms with E-state index >= 15 is 0 Å². The van der Waals surface area contributed by atoms with Gasteiger partial charge in [0.1, 0.15) is 12.4 Å². The van der Waals surface area contributed by atoms with E-state index in [2.05, 4.69) is 32.6 Å². The molecule has 0 spiro atoms. The monoisotopic (exact) mass is 517 g/mol. The van der Waals surface area contributed by atoms with Crippen LogP contribution in [0, 0.1) is 16.6 Å². The number of ketones is 2. The highest BCUT2D eigenvalue weighted by Gasteiger charge is 2.48. The maximum Gasteiger partial charge on any atom is 0.162 e. The highest BCUT2D eigenvalue weighted by Crippen LogP contribution is 2.54. The Bertz CT molecular complexity index is 1310. The molecule has 38 heavy (non-hydrogen) atoms. The number of methoxy groups -OCH3 is 1. The smallest absolute Gasteiger partial charge is 0.162 e. The summed E-state index contributed by atoms with van der Waals surface area (Å²) in [7, 11) is 3.59. The zero-order valence-electron chi connectivity index (χ0n) is 23.1. The van der Waals surface area contributed by atoms with Crippen molar-refractivity contribution in [3.63, 3.8) is 0 Å². The standard InChI is InChI=1S/C32H36FNO4/c1-31(2)14-22-29(24(35)16-31)28(30-23(34(22)5)15-32(3,4)17-25(30)36)20-9-12-26(27(13-20)37-6)38-18-19-7-10-21(33)11-8-19/h7-13,28H,14-18H2,1-6H3. The Kier molecular flexibility index (Phi) is 6.49. The van der Waals surface area contributed by atoms with Crippen molar-refractivity contribution in [1.82, 2.24) is 4.90 Å². The molecular formula is C32H36FNO4. The molecule has 6 heteroatoms. The minimum atomic E-state index is -0.427. The zero-order chi connectivity index (χ0) is 27.4. The molecule has 0 unspecified atom stereocenters. The van der Waals surface area contributed by atoms with Crippen molar-refractivity contribution in [2.45, 2.75) is 65.9 Å². The molecule has 5 nitrogen and oxygen atoms in total. The van der Waals surface area contributed by atoms with E-state index in [1.165, 1.54) is 12.1 Å². The molecule has 0 atom stereocenters. The molecule has 0 amide bonds. The molecule has 0 N–H and O–H groups in total. The number of ether oxygens (including phenoxy) is 2. The van der Waals surface area contributed by atoms with Crippen LogP contribution in [0.1, 0.15) is 70.4 Å². The molecule has 2 aliphatic carbocycles. The third-order valence-electron chi connectivity index (χ3n) is 8.01. The number of Topliss-reactive ketones (excluding diaryl/α,β-unsaturated/α-hetero) is 2. The maximum absolute atomic E-state index is 13.7. The Morgan fingerprint density at radius 2 is 1.39 bits per heavy atom. The fraction of sp³-hybridized carbons (Fsp3) is 0.438. The fourth-order valence-electron chi connectivity index (χ4n) is 6.22. The van der Waals surface area contributed by atoms with E-state index in [-0.39, 0.29) is 34.8 Å². The molecule has 2 aromatic rings. The van der Waals surface area contributed by atoms with Crippen LogP contribution in [0.15, 0.2) is 65.0 Å². The summed E-state index contributed by atoms with van der Waals surface area (Å²) in [5, 5.41) is 0. The van der Waals surface area contributed by atoms with Gasteiger partial charge in [0.05, 0.1) is 7.11 Å². The number of carbonyl (C=O) groups excluding carboxylic acids is 2. The topological polar surface area (TPSA) is 55.8 Å². The van der Waals surface area contributed by atoms with E-state index in [4.69, 9.17) is 9.47 Å². The number of nitrogens with zero attached hydrogens (tertiary/aromatic N) is 1. The molecule has 0 saturated heterocycles. The minimum Gasteiger partial charge on any atom is -0.493 e. The third kappa shape index (κ3) is 4.77. The zero-order valence-corrected chi connectivity index (χ0v) is 23.1. The summed E-state index contributed by atoms with van der Waals surface area (Å²) < 4.78 is 25.0. The maximum atomic E-state index is 13.7. The van der Waals surface area contributed by atoms with Crippen LogP contribution in [-0.2, 0) is 16.2 Å². The van der Waals surface area contributed by atoms with Crippen molar-refractivity contribution in [2.75, 3.05) is 14.2 Å². The largest absolute Gasteiger partial charge is 0.493 e. The van der Waals surface area contributed by atoms with Crippen molar-refractivity contribution in [1.29, 1.82) is 0 Å². The Morgan fingerprint density at radius 3 is 1.92 bits per heavy atom. The van der Waals surface area contributed by atoms with Gasteiger partial charge in [0.2, 0.25) is 0 Å². The predicted molar refractivity (Wildman–Crippen MR) is 144 cm³/mol. The van der Waals surface area contributed by atoms with E-state index in [0.29, 0.717) is 24.3 Å². The molecule has 5 rings (SSSR count). The molecule has 1 heterocycles. The van der Waals surface area contributed by atoms with E-state index in [1.54, 1.807) is 19.2 Å². The van der Waals surface area contributed by atoms with Gasteiger partial charge >= 0.3 is 0 Å². The van der Waals surface area contributed by atoms with E-state index in [9.17, 15) is 14.0 Å². The van der Waals surface area contributed by atoms with Crippen LogP contribution in [0.4, 0.5) is 4.39 Å². The number of allylic oxidation sites excluding steroid dienone is 4.